The number of unbranched alkanes of at least 4 members (excludes halogenated alkanes) is 1. The molecular weight excluding hydrogens is 370 g/mol. The minimum atomic E-state index is -3.93. The maximum Gasteiger partial charge on any atom is 0.332 e. The molecule has 3 rings (SSSR count). The largest absolute Gasteiger partial charge is 0.478 e. The molecule has 1 fully saturated rings. The predicted molar refractivity (Wildman–Crippen MR) is 101 cm³/mol. The molecule has 1 unspecified atom stereocenters. The highest BCUT2D eigenvalue weighted by Crippen LogP contribution is 2.37. The SMILES string of the molecule is CCCCc1ccccc1NS(=O)(=O)C1CCC2(C=C1C(=O)O)OCCO2. The molecule has 0 saturated carbocycles. The molecule has 0 bridgehead atoms. The zero-order chi connectivity index (χ0) is 19.5. The third-order valence-electron chi connectivity index (χ3n) is 4.94. The summed E-state index contributed by atoms with van der Waals surface area (Å²) in [5, 5.41) is 8.42. The van der Waals surface area contributed by atoms with Crippen LogP contribution in [0.25, 0.3) is 0 Å². The van der Waals surface area contributed by atoms with Crippen LogP contribution in [0.5, 0.6) is 0 Å². The highest BCUT2D eigenvalue weighted by atomic mass is 32.2. The van der Waals surface area contributed by atoms with Crippen molar-refractivity contribution in [2.75, 3.05) is 17.9 Å². The molecule has 1 aromatic carbocycles. The first kappa shape index (κ1) is 19.9. The summed E-state index contributed by atoms with van der Waals surface area (Å²) in [6.07, 6.45) is 4.43. The summed E-state index contributed by atoms with van der Waals surface area (Å²) in [7, 11) is -3.93. The van der Waals surface area contributed by atoms with Crippen molar-refractivity contribution in [3.63, 3.8) is 0 Å². The molecular formula is C19H25NO6S. The smallest absolute Gasteiger partial charge is 0.332 e. The molecule has 8 heteroatoms. The van der Waals surface area contributed by atoms with E-state index in [9.17, 15) is 18.3 Å². The quantitative estimate of drug-likeness (QED) is 0.736. The molecule has 2 N–H and O–H groups in total. The fourth-order valence-electron chi connectivity index (χ4n) is 3.54. The third kappa shape index (κ3) is 4.34. The first-order chi connectivity index (χ1) is 12.9. The number of sulfonamides is 1. The summed E-state index contributed by atoms with van der Waals surface area (Å²) in [5.41, 5.74) is 1.20. The maximum absolute atomic E-state index is 13.0. The van der Waals surface area contributed by atoms with Gasteiger partial charge in [-0.3, -0.25) is 4.72 Å². The van der Waals surface area contributed by atoms with Crippen LogP contribution >= 0.6 is 0 Å². The van der Waals surface area contributed by atoms with Gasteiger partial charge >= 0.3 is 5.97 Å². The highest BCUT2D eigenvalue weighted by molar-refractivity contribution is 7.93. The molecule has 1 heterocycles. The number of hydrogen-bond acceptors (Lipinski definition) is 5. The highest BCUT2D eigenvalue weighted by Gasteiger charge is 2.45. The van der Waals surface area contributed by atoms with Gasteiger partial charge in [0.05, 0.1) is 24.5 Å². The second-order valence-electron chi connectivity index (χ2n) is 6.85. The van der Waals surface area contributed by atoms with Crippen molar-refractivity contribution in [2.24, 2.45) is 0 Å². The van der Waals surface area contributed by atoms with E-state index < -0.39 is 27.0 Å². The summed E-state index contributed by atoms with van der Waals surface area (Å²) < 4.78 is 39.7. The fourth-order valence-corrected chi connectivity index (χ4v) is 5.12. The molecule has 0 aromatic heterocycles. The molecule has 7 nitrogen and oxygen atoms in total. The Morgan fingerprint density at radius 2 is 2.00 bits per heavy atom. The van der Waals surface area contributed by atoms with Crippen molar-refractivity contribution in [3.8, 4) is 0 Å². The van der Waals surface area contributed by atoms with E-state index in [0.29, 0.717) is 25.3 Å². The van der Waals surface area contributed by atoms with Crippen LogP contribution in [0.3, 0.4) is 0 Å². The van der Waals surface area contributed by atoms with Gasteiger partial charge in [0.1, 0.15) is 5.25 Å². The molecule has 2 aliphatic rings. The van der Waals surface area contributed by atoms with Crippen molar-refractivity contribution in [3.05, 3.63) is 41.5 Å². The Bertz CT molecular complexity index is 826. The lowest BCUT2D eigenvalue weighted by molar-refractivity contribution is -0.138. The Morgan fingerprint density at radius 1 is 1.30 bits per heavy atom. The van der Waals surface area contributed by atoms with E-state index in [2.05, 4.69) is 11.6 Å². The zero-order valence-electron chi connectivity index (χ0n) is 15.3. The fraction of sp³-hybridized carbons (Fsp3) is 0.526. The van der Waals surface area contributed by atoms with Gasteiger partial charge in [-0.2, -0.15) is 0 Å². The van der Waals surface area contributed by atoms with Crippen LogP contribution in [0.4, 0.5) is 5.69 Å². The number of nitrogens with one attached hydrogen (secondary N) is 1. The van der Waals surface area contributed by atoms with Crippen LogP contribution in [-0.4, -0.2) is 43.7 Å². The molecule has 1 aromatic rings. The number of carboxylic acids is 1. The number of carboxylic acid groups (broad SMARTS) is 1. The minimum Gasteiger partial charge on any atom is -0.478 e. The maximum atomic E-state index is 13.0. The number of anilines is 1. The Labute approximate surface area is 159 Å². The Kier molecular flexibility index (Phi) is 5.88. The van der Waals surface area contributed by atoms with E-state index in [4.69, 9.17) is 9.47 Å². The van der Waals surface area contributed by atoms with Crippen molar-refractivity contribution >= 4 is 21.7 Å². The number of aryl methyl sites for hydroxylation is 1. The Balaban J connectivity index is 1.87. The standard InChI is InChI=1S/C19H25NO6S/c1-2-3-6-14-7-4-5-8-16(14)20-27(23,24)17-9-10-19(25-11-12-26-19)13-15(17)18(21)22/h4-5,7-8,13,17,20H,2-3,6,9-12H2,1H3,(H,21,22). The van der Waals surface area contributed by atoms with Crippen molar-refractivity contribution < 1.29 is 27.8 Å². The third-order valence-corrected chi connectivity index (χ3v) is 6.69. The summed E-state index contributed by atoms with van der Waals surface area (Å²) in [4.78, 5) is 11.7. The number of aliphatic carboxylic acids is 1. The van der Waals surface area contributed by atoms with E-state index >= 15 is 0 Å². The van der Waals surface area contributed by atoms with Crippen LogP contribution in [0.15, 0.2) is 35.9 Å². The predicted octanol–water partition coefficient (Wildman–Crippen LogP) is 2.69. The second-order valence-corrected chi connectivity index (χ2v) is 8.71. The van der Waals surface area contributed by atoms with E-state index in [1.54, 1.807) is 12.1 Å². The summed E-state index contributed by atoms with van der Waals surface area (Å²) in [6.45, 7) is 2.80. The van der Waals surface area contributed by atoms with Gasteiger partial charge < -0.3 is 14.6 Å². The zero-order valence-corrected chi connectivity index (χ0v) is 16.1. The average molecular weight is 395 g/mol. The number of para-hydroxylation sites is 1. The van der Waals surface area contributed by atoms with E-state index in [-0.39, 0.29) is 12.0 Å². The van der Waals surface area contributed by atoms with E-state index in [1.807, 2.05) is 12.1 Å². The molecule has 1 aliphatic carbocycles. The van der Waals surface area contributed by atoms with Gasteiger partial charge in [-0.15, -0.1) is 0 Å². The molecule has 27 heavy (non-hydrogen) atoms. The van der Waals surface area contributed by atoms with Gasteiger partial charge in [-0.25, -0.2) is 13.2 Å². The molecule has 148 valence electrons. The van der Waals surface area contributed by atoms with Crippen LogP contribution in [0, 0.1) is 0 Å². The number of benzene rings is 1. The molecule has 1 saturated heterocycles. The van der Waals surface area contributed by atoms with E-state index in [0.717, 1.165) is 24.8 Å². The number of carbonyl (C=O) groups is 1. The Hall–Kier alpha value is -1.90. The monoisotopic (exact) mass is 395 g/mol. The van der Waals surface area contributed by atoms with E-state index in [1.165, 1.54) is 6.08 Å². The van der Waals surface area contributed by atoms with Crippen LogP contribution in [0.1, 0.15) is 38.2 Å². The van der Waals surface area contributed by atoms with Crippen molar-refractivity contribution in [1.29, 1.82) is 0 Å². The van der Waals surface area contributed by atoms with Crippen LogP contribution < -0.4 is 4.72 Å². The van der Waals surface area contributed by atoms with Crippen LogP contribution in [-0.2, 0) is 30.7 Å². The molecule has 0 radical (unpaired) electrons. The van der Waals surface area contributed by atoms with Gasteiger partial charge in [-0.05, 0) is 37.0 Å². The summed E-state index contributed by atoms with van der Waals surface area (Å²) >= 11 is 0. The summed E-state index contributed by atoms with van der Waals surface area (Å²) in [6, 6.07) is 7.22. The average Bonchev–Trinajstić information content (AvgIpc) is 3.08. The number of ether oxygens (including phenoxy) is 2. The minimum absolute atomic E-state index is 0.116. The van der Waals surface area contributed by atoms with Gasteiger partial charge in [-0.1, -0.05) is 31.5 Å². The number of rotatable bonds is 7. The van der Waals surface area contributed by atoms with Crippen LogP contribution in [0.2, 0.25) is 0 Å². The number of hydrogen-bond donors (Lipinski definition) is 2. The topological polar surface area (TPSA) is 102 Å². The lowest BCUT2D eigenvalue weighted by Gasteiger charge is -2.32. The first-order valence-corrected chi connectivity index (χ1v) is 10.7. The molecule has 1 spiro atoms. The van der Waals surface area contributed by atoms with Gasteiger partial charge in [0.2, 0.25) is 10.0 Å². The molecule has 1 aliphatic heterocycles. The molecule has 1 atom stereocenters. The molecule has 0 amide bonds. The lowest BCUT2D eigenvalue weighted by atomic mass is 9.94. The normalized spacial score (nSPS) is 21.8. The lowest BCUT2D eigenvalue weighted by Crippen LogP contribution is -2.41. The Morgan fingerprint density at radius 3 is 2.67 bits per heavy atom. The van der Waals surface area contributed by atoms with Crippen molar-refractivity contribution in [2.45, 2.75) is 50.1 Å². The van der Waals surface area contributed by atoms with Gasteiger partial charge in [0, 0.05) is 6.42 Å². The second kappa shape index (κ2) is 8.00. The summed E-state index contributed by atoms with van der Waals surface area (Å²) in [5.74, 6) is -2.39. The van der Waals surface area contributed by atoms with Gasteiger partial charge in [0.15, 0.2) is 5.79 Å². The van der Waals surface area contributed by atoms with Gasteiger partial charge in [0.25, 0.3) is 0 Å². The first-order valence-electron chi connectivity index (χ1n) is 9.20. The van der Waals surface area contributed by atoms with Crippen molar-refractivity contribution in [1.82, 2.24) is 0 Å².